The van der Waals surface area contributed by atoms with E-state index in [2.05, 4.69) is 10.5 Å². The molecule has 0 spiro atoms. The Morgan fingerprint density at radius 3 is 2.54 bits per heavy atom. The molecular weight excluding hydrogens is 361 g/mol. The van der Waals surface area contributed by atoms with E-state index in [1.807, 2.05) is 0 Å². The van der Waals surface area contributed by atoms with Crippen LogP contribution in [0.1, 0.15) is 5.56 Å². The summed E-state index contributed by atoms with van der Waals surface area (Å²) in [5.41, 5.74) is 2.91. The number of nitrogens with one attached hydrogen (secondary N) is 1. The SMILES string of the molecule is COc1ccccc1/C=N\NC(=O)CN(C)S(=O)(=O)c1ccc(F)cc1. The Hall–Kier alpha value is -2.78. The molecule has 0 fully saturated rings. The Labute approximate surface area is 151 Å². The zero-order valence-electron chi connectivity index (χ0n) is 14.2. The van der Waals surface area contributed by atoms with E-state index in [-0.39, 0.29) is 4.90 Å². The van der Waals surface area contributed by atoms with Gasteiger partial charge >= 0.3 is 0 Å². The van der Waals surface area contributed by atoms with Gasteiger partial charge in [-0.1, -0.05) is 12.1 Å². The number of likely N-dealkylation sites (N-methyl/N-ethyl adjacent to an activating group) is 1. The number of sulfonamides is 1. The van der Waals surface area contributed by atoms with Crippen LogP contribution in [0.5, 0.6) is 5.75 Å². The lowest BCUT2D eigenvalue weighted by atomic mass is 10.2. The summed E-state index contributed by atoms with van der Waals surface area (Å²) >= 11 is 0. The molecule has 7 nitrogen and oxygen atoms in total. The minimum absolute atomic E-state index is 0.105. The Morgan fingerprint density at radius 1 is 1.23 bits per heavy atom. The number of halogens is 1. The molecule has 0 aliphatic heterocycles. The Bertz CT molecular complexity index is 898. The van der Waals surface area contributed by atoms with Crippen molar-refractivity contribution in [2.24, 2.45) is 5.10 Å². The molecule has 0 heterocycles. The normalized spacial score (nSPS) is 11.7. The van der Waals surface area contributed by atoms with Gasteiger partial charge in [0.25, 0.3) is 5.91 Å². The summed E-state index contributed by atoms with van der Waals surface area (Å²) in [6, 6.07) is 11.4. The maximum Gasteiger partial charge on any atom is 0.255 e. The Kier molecular flexibility index (Phi) is 6.42. The average molecular weight is 379 g/mol. The largest absolute Gasteiger partial charge is 0.496 e. The molecule has 0 aliphatic carbocycles. The first kappa shape index (κ1) is 19.5. The van der Waals surface area contributed by atoms with Gasteiger partial charge in [-0.15, -0.1) is 0 Å². The lowest BCUT2D eigenvalue weighted by molar-refractivity contribution is -0.121. The van der Waals surface area contributed by atoms with Crippen molar-refractivity contribution in [1.82, 2.24) is 9.73 Å². The molecule has 0 bridgehead atoms. The standard InChI is InChI=1S/C17H18FN3O4S/c1-21(26(23,24)15-9-7-14(18)8-10-15)12-17(22)20-19-11-13-5-3-4-6-16(13)25-2/h3-11H,12H2,1-2H3,(H,20,22)/b19-11-. The van der Waals surface area contributed by atoms with Crippen LogP contribution in [0.2, 0.25) is 0 Å². The topological polar surface area (TPSA) is 88.1 Å². The van der Waals surface area contributed by atoms with Crippen LogP contribution in [0, 0.1) is 5.82 Å². The van der Waals surface area contributed by atoms with Gasteiger partial charge in [0.15, 0.2) is 0 Å². The van der Waals surface area contributed by atoms with Gasteiger partial charge < -0.3 is 4.74 Å². The highest BCUT2D eigenvalue weighted by Crippen LogP contribution is 2.15. The number of methoxy groups -OCH3 is 1. The molecule has 138 valence electrons. The third-order valence-corrected chi connectivity index (χ3v) is 5.24. The van der Waals surface area contributed by atoms with E-state index in [4.69, 9.17) is 4.74 Å². The van der Waals surface area contributed by atoms with Crippen LogP contribution in [0.25, 0.3) is 0 Å². The van der Waals surface area contributed by atoms with Crippen LogP contribution >= 0.6 is 0 Å². The van der Waals surface area contributed by atoms with Crippen LogP contribution in [-0.4, -0.2) is 45.5 Å². The molecule has 0 saturated carbocycles. The number of rotatable bonds is 7. The zero-order valence-corrected chi connectivity index (χ0v) is 15.0. The first-order valence-electron chi connectivity index (χ1n) is 7.51. The third-order valence-electron chi connectivity index (χ3n) is 3.42. The summed E-state index contributed by atoms with van der Waals surface area (Å²) in [4.78, 5) is 11.8. The predicted molar refractivity (Wildman–Crippen MR) is 94.9 cm³/mol. The Morgan fingerprint density at radius 2 is 1.88 bits per heavy atom. The van der Waals surface area contributed by atoms with Crippen LogP contribution in [0.15, 0.2) is 58.5 Å². The first-order valence-corrected chi connectivity index (χ1v) is 8.95. The number of hydrazone groups is 1. The molecule has 9 heteroatoms. The molecule has 1 N–H and O–H groups in total. The molecule has 2 rings (SSSR count). The maximum absolute atomic E-state index is 12.9. The van der Waals surface area contributed by atoms with E-state index in [0.717, 1.165) is 28.6 Å². The molecule has 26 heavy (non-hydrogen) atoms. The number of hydrogen-bond donors (Lipinski definition) is 1. The molecule has 0 aliphatic rings. The summed E-state index contributed by atoms with van der Waals surface area (Å²) in [6.45, 7) is -0.441. The van der Waals surface area contributed by atoms with Crippen LogP contribution in [0.4, 0.5) is 4.39 Å². The number of benzene rings is 2. The highest BCUT2D eigenvalue weighted by molar-refractivity contribution is 7.89. The number of ether oxygens (including phenoxy) is 1. The average Bonchev–Trinajstić information content (AvgIpc) is 2.62. The van der Waals surface area contributed by atoms with Gasteiger partial charge in [0, 0.05) is 12.6 Å². The summed E-state index contributed by atoms with van der Waals surface area (Å²) in [5.74, 6) is -0.583. The highest BCUT2D eigenvalue weighted by atomic mass is 32.2. The lowest BCUT2D eigenvalue weighted by Crippen LogP contribution is -2.36. The van der Waals surface area contributed by atoms with E-state index >= 15 is 0 Å². The number of amides is 1. The Balaban J connectivity index is 1.98. The maximum atomic E-state index is 12.9. The number of hydrogen-bond acceptors (Lipinski definition) is 5. The van der Waals surface area contributed by atoms with Crippen molar-refractivity contribution in [2.45, 2.75) is 4.90 Å². The van der Waals surface area contributed by atoms with Crippen LogP contribution in [-0.2, 0) is 14.8 Å². The van der Waals surface area contributed by atoms with Gasteiger partial charge in [-0.05, 0) is 36.4 Å². The summed E-state index contributed by atoms with van der Waals surface area (Å²) in [7, 11) is -1.14. The summed E-state index contributed by atoms with van der Waals surface area (Å²) in [5, 5.41) is 3.79. The van der Waals surface area contributed by atoms with Crippen molar-refractivity contribution in [2.75, 3.05) is 20.7 Å². The predicted octanol–water partition coefficient (Wildman–Crippen LogP) is 1.61. The van der Waals surface area contributed by atoms with Gasteiger partial charge in [-0.2, -0.15) is 9.41 Å². The van der Waals surface area contributed by atoms with E-state index < -0.39 is 28.3 Å². The number of nitrogens with zero attached hydrogens (tertiary/aromatic N) is 2. The third kappa shape index (κ3) is 4.87. The summed E-state index contributed by atoms with van der Waals surface area (Å²) < 4.78 is 43.6. The van der Waals surface area contributed by atoms with Crippen molar-refractivity contribution in [3.63, 3.8) is 0 Å². The minimum Gasteiger partial charge on any atom is -0.496 e. The fourth-order valence-electron chi connectivity index (χ4n) is 2.06. The van der Waals surface area contributed by atoms with Gasteiger partial charge in [0.2, 0.25) is 10.0 Å². The number of carbonyl (C=O) groups excluding carboxylic acids is 1. The molecule has 0 unspecified atom stereocenters. The number of carbonyl (C=O) groups is 1. The van der Waals surface area contributed by atoms with Crippen molar-refractivity contribution in [1.29, 1.82) is 0 Å². The fraction of sp³-hybridized carbons (Fsp3) is 0.176. The van der Waals surface area contributed by atoms with Crippen LogP contribution < -0.4 is 10.2 Å². The fourth-order valence-corrected chi connectivity index (χ4v) is 3.18. The van der Waals surface area contributed by atoms with E-state index in [1.165, 1.54) is 20.4 Å². The van der Waals surface area contributed by atoms with Gasteiger partial charge in [0.05, 0.1) is 24.8 Å². The smallest absolute Gasteiger partial charge is 0.255 e. The second-order valence-corrected chi connectivity index (χ2v) is 7.30. The van der Waals surface area contributed by atoms with Gasteiger partial charge in [-0.3, -0.25) is 4.79 Å². The molecule has 2 aromatic carbocycles. The molecule has 2 aromatic rings. The van der Waals surface area contributed by atoms with Crippen molar-refractivity contribution < 1.29 is 22.3 Å². The monoisotopic (exact) mass is 379 g/mol. The lowest BCUT2D eigenvalue weighted by Gasteiger charge is -2.16. The van der Waals surface area contributed by atoms with Gasteiger partial charge in [0.1, 0.15) is 11.6 Å². The van der Waals surface area contributed by atoms with E-state index in [1.54, 1.807) is 24.3 Å². The van der Waals surface area contributed by atoms with Crippen molar-refractivity contribution in [3.05, 3.63) is 59.9 Å². The molecule has 0 atom stereocenters. The molecule has 1 amide bonds. The molecule has 0 saturated heterocycles. The first-order chi connectivity index (χ1) is 12.3. The van der Waals surface area contributed by atoms with E-state index in [9.17, 15) is 17.6 Å². The summed E-state index contributed by atoms with van der Waals surface area (Å²) in [6.07, 6.45) is 1.39. The minimum atomic E-state index is -3.90. The van der Waals surface area contributed by atoms with Crippen LogP contribution in [0.3, 0.4) is 0 Å². The second-order valence-electron chi connectivity index (χ2n) is 5.25. The highest BCUT2D eigenvalue weighted by Gasteiger charge is 2.22. The quantitative estimate of drug-likeness (QED) is 0.585. The zero-order chi connectivity index (χ0) is 19.2. The molecule has 0 aromatic heterocycles. The number of para-hydroxylation sites is 1. The molecular formula is C17H18FN3O4S. The van der Waals surface area contributed by atoms with Gasteiger partial charge in [-0.25, -0.2) is 18.2 Å². The van der Waals surface area contributed by atoms with Crippen molar-refractivity contribution in [3.8, 4) is 5.75 Å². The second kappa shape index (κ2) is 8.54. The van der Waals surface area contributed by atoms with Crippen molar-refractivity contribution >= 4 is 22.1 Å². The molecule has 0 radical (unpaired) electrons. The van der Waals surface area contributed by atoms with E-state index in [0.29, 0.717) is 11.3 Å².